The summed E-state index contributed by atoms with van der Waals surface area (Å²) in [4.78, 5) is 12.8. The van der Waals surface area contributed by atoms with Crippen LogP contribution in [0.4, 0.5) is 5.69 Å². The van der Waals surface area contributed by atoms with Gasteiger partial charge in [-0.1, -0.05) is 18.2 Å². The molecule has 2 rings (SSSR count). The summed E-state index contributed by atoms with van der Waals surface area (Å²) in [6, 6.07) is 10.8. The van der Waals surface area contributed by atoms with Gasteiger partial charge in [0.1, 0.15) is 0 Å². The molecule has 0 aliphatic carbocycles. The Bertz CT molecular complexity index is 1090. The number of sulfone groups is 1. The van der Waals surface area contributed by atoms with Crippen LogP contribution in [0.5, 0.6) is 0 Å². The van der Waals surface area contributed by atoms with Crippen molar-refractivity contribution < 1.29 is 21.6 Å². The number of sulfonamides is 1. The van der Waals surface area contributed by atoms with E-state index in [-0.39, 0.29) is 16.8 Å². The Kier molecular flexibility index (Phi) is 6.20. The summed E-state index contributed by atoms with van der Waals surface area (Å²) in [7, 11) is -5.30. The second kappa shape index (κ2) is 7.92. The maximum Gasteiger partial charge on any atom is 0.251 e. The average molecular weight is 425 g/mol. The Balaban J connectivity index is 2.23. The molecule has 0 aliphatic heterocycles. The highest BCUT2D eigenvalue weighted by atomic mass is 32.2. The molecule has 0 heterocycles. The molecule has 1 atom stereocenters. The highest BCUT2D eigenvalue weighted by Gasteiger charge is 2.18. The lowest BCUT2D eigenvalue weighted by atomic mass is 10.1. The highest BCUT2D eigenvalue weighted by molar-refractivity contribution is 7.92. The highest BCUT2D eigenvalue weighted by Crippen LogP contribution is 2.23. The van der Waals surface area contributed by atoms with Crippen molar-refractivity contribution in [3.63, 3.8) is 0 Å². The molecule has 152 valence electrons. The molecule has 0 fully saturated rings. The van der Waals surface area contributed by atoms with Gasteiger partial charge in [-0.05, 0) is 49.2 Å². The molecule has 1 amide bonds. The zero-order valence-electron chi connectivity index (χ0n) is 16.4. The maximum absolute atomic E-state index is 12.6. The minimum Gasteiger partial charge on any atom is -0.346 e. The molecule has 0 aromatic heterocycles. The van der Waals surface area contributed by atoms with Crippen LogP contribution in [0.1, 0.15) is 34.5 Å². The molecule has 0 aliphatic rings. The zero-order chi connectivity index (χ0) is 21.3. The lowest BCUT2D eigenvalue weighted by molar-refractivity contribution is 0.0940. The van der Waals surface area contributed by atoms with Crippen molar-refractivity contribution in [1.29, 1.82) is 0 Å². The molecule has 2 aromatic rings. The fourth-order valence-corrected chi connectivity index (χ4v) is 3.82. The molecule has 0 saturated heterocycles. The SMILES string of the molecule is Cc1ccc(C(=O)NC(C)c2ccc(S(C)(=O)=O)cc2)cc1N(C)S(C)(=O)=O. The van der Waals surface area contributed by atoms with Crippen molar-refractivity contribution in [2.75, 3.05) is 23.9 Å². The van der Waals surface area contributed by atoms with Gasteiger partial charge in [0.2, 0.25) is 10.0 Å². The molecule has 2 aromatic carbocycles. The minimum absolute atomic E-state index is 0.210. The van der Waals surface area contributed by atoms with Crippen LogP contribution in [-0.4, -0.2) is 42.3 Å². The second-order valence-electron chi connectivity index (χ2n) is 6.77. The zero-order valence-corrected chi connectivity index (χ0v) is 18.1. The van der Waals surface area contributed by atoms with Crippen LogP contribution in [0.2, 0.25) is 0 Å². The number of carbonyl (C=O) groups excluding carboxylic acids is 1. The van der Waals surface area contributed by atoms with E-state index in [4.69, 9.17) is 0 Å². The number of hydrogen-bond acceptors (Lipinski definition) is 5. The quantitative estimate of drug-likeness (QED) is 0.767. The molecule has 0 radical (unpaired) electrons. The van der Waals surface area contributed by atoms with Crippen molar-refractivity contribution in [2.45, 2.75) is 24.8 Å². The van der Waals surface area contributed by atoms with Crippen molar-refractivity contribution >= 4 is 31.5 Å². The minimum atomic E-state index is -3.45. The van der Waals surface area contributed by atoms with Crippen LogP contribution in [0.25, 0.3) is 0 Å². The number of amides is 1. The summed E-state index contributed by atoms with van der Waals surface area (Å²) < 4.78 is 47.8. The van der Waals surface area contributed by atoms with E-state index < -0.39 is 19.9 Å². The van der Waals surface area contributed by atoms with Gasteiger partial charge >= 0.3 is 0 Å². The van der Waals surface area contributed by atoms with Crippen LogP contribution in [0, 0.1) is 6.92 Å². The number of anilines is 1. The number of aryl methyl sites for hydroxylation is 1. The first-order valence-corrected chi connectivity index (χ1v) is 12.2. The lowest BCUT2D eigenvalue weighted by Gasteiger charge is -2.20. The molecule has 1 N–H and O–H groups in total. The lowest BCUT2D eigenvalue weighted by Crippen LogP contribution is -2.28. The molecule has 1 unspecified atom stereocenters. The van der Waals surface area contributed by atoms with Crippen LogP contribution in [0.15, 0.2) is 47.4 Å². The fourth-order valence-electron chi connectivity index (χ4n) is 2.64. The van der Waals surface area contributed by atoms with Gasteiger partial charge in [-0.3, -0.25) is 9.10 Å². The van der Waals surface area contributed by atoms with Gasteiger partial charge in [0, 0.05) is 18.9 Å². The van der Waals surface area contributed by atoms with Gasteiger partial charge in [0.15, 0.2) is 9.84 Å². The molecule has 7 nitrogen and oxygen atoms in total. The third kappa shape index (κ3) is 5.11. The summed E-state index contributed by atoms with van der Waals surface area (Å²) in [5.74, 6) is -0.358. The Labute approximate surface area is 166 Å². The summed E-state index contributed by atoms with van der Waals surface area (Å²) in [6.07, 6.45) is 2.23. The van der Waals surface area contributed by atoms with Gasteiger partial charge in [0.05, 0.1) is 22.9 Å². The molecular formula is C19H24N2O5S2. The van der Waals surface area contributed by atoms with Crippen molar-refractivity contribution in [1.82, 2.24) is 5.32 Å². The normalized spacial score (nSPS) is 13.0. The molecule has 28 heavy (non-hydrogen) atoms. The van der Waals surface area contributed by atoms with Crippen molar-refractivity contribution in [3.05, 3.63) is 59.2 Å². The van der Waals surface area contributed by atoms with E-state index in [9.17, 15) is 21.6 Å². The van der Waals surface area contributed by atoms with Gasteiger partial charge in [-0.15, -0.1) is 0 Å². The first kappa shape index (κ1) is 21.9. The predicted octanol–water partition coefficient (Wildman–Crippen LogP) is 2.29. The van der Waals surface area contributed by atoms with Gasteiger partial charge in [-0.2, -0.15) is 0 Å². The molecular weight excluding hydrogens is 400 g/mol. The van der Waals surface area contributed by atoms with Crippen LogP contribution >= 0.6 is 0 Å². The Hall–Kier alpha value is -2.39. The number of rotatable bonds is 6. The molecule has 0 bridgehead atoms. The monoisotopic (exact) mass is 424 g/mol. The standard InChI is InChI=1S/C19H24N2O5S2/c1-13-6-7-16(12-18(13)21(3)28(5,25)26)19(22)20-14(2)15-8-10-17(11-9-15)27(4,23)24/h6-12,14H,1-5H3,(H,20,22). The first-order valence-electron chi connectivity index (χ1n) is 8.46. The van der Waals surface area contributed by atoms with E-state index in [1.165, 1.54) is 25.2 Å². The fraction of sp³-hybridized carbons (Fsp3) is 0.316. The Morgan fingerprint density at radius 3 is 2.07 bits per heavy atom. The number of nitrogens with zero attached hydrogens (tertiary/aromatic N) is 1. The predicted molar refractivity (Wildman–Crippen MR) is 110 cm³/mol. The van der Waals surface area contributed by atoms with Gasteiger partial charge < -0.3 is 5.32 Å². The Morgan fingerprint density at radius 2 is 1.57 bits per heavy atom. The average Bonchev–Trinajstić information content (AvgIpc) is 2.60. The first-order chi connectivity index (χ1) is 12.8. The van der Waals surface area contributed by atoms with E-state index >= 15 is 0 Å². The summed E-state index contributed by atoms with van der Waals surface area (Å²) >= 11 is 0. The number of carbonyl (C=O) groups is 1. The second-order valence-corrected chi connectivity index (χ2v) is 10.8. The van der Waals surface area contributed by atoms with Crippen LogP contribution < -0.4 is 9.62 Å². The molecule has 0 spiro atoms. The topological polar surface area (TPSA) is 101 Å². The molecule has 9 heteroatoms. The van der Waals surface area contributed by atoms with E-state index in [0.717, 1.165) is 27.9 Å². The molecule has 0 saturated carbocycles. The summed E-state index contributed by atoms with van der Waals surface area (Å²) in [5.41, 5.74) is 2.24. The number of benzene rings is 2. The smallest absolute Gasteiger partial charge is 0.251 e. The third-order valence-electron chi connectivity index (χ3n) is 4.46. The van der Waals surface area contributed by atoms with Crippen molar-refractivity contribution in [2.24, 2.45) is 0 Å². The van der Waals surface area contributed by atoms with Gasteiger partial charge in [0.25, 0.3) is 5.91 Å². The largest absolute Gasteiger partial charge is 0.346 e. The maximum atomic E-state index is 12.6. The van der Waals surface area contributed by atoms with E-state index in [1.807, 2.05) is 0 Å². The van der Waals surface area contributed by atoms with Gasteiger partial charge in [-0.25, -0.2) is 16.8 Å². The van der Waals surface area contributed by atoms with Crippen LogP contribution in [0.3, 0.4) is 0 Å². The van der Waals surface area contributed by atoms with E-state index in [2.05, 4.69) is 5.32 Å². The number of hydrogen-bond donors (Lipinski definition) is 1. The third-order valence-corrected chi connectivity index (χ3v) is 6.78. The van der Waals surface area contributed by atoms with E-state index in [0.29, 0.717) is 11.3 Å². The summed E-state index contributed by atoms with van der Waals surface area (Å²) in [6.45, 7) is 3.55. The van der Waals surface area contributed by atoms with E-state index in [1.54, 1.807) is 38.1 Å². The summed E-state index contributed by atoms with van der Waals surface area (Å²) in [5, 5.41) is 2.84. The number of nitrogens with one attached hydrogen (secondary N) is 1. The van der Waals surface area contributed by atoms with Crippen molar-refractivity contribution in [3.8, 4) is 0 Å². The van der Waals surface area contributed by atoms with Crippen LogP contribution in [-0.2, 0) is 19.9 Å². The Morgan fingerprint density at radius 1 is 1.00 bits per heavy atom.